The van der Waals surface area contributed by atoms with Gasteiger partial charge in [0.2, 0.25) is 0 Å². The fraction of sp³-hybridized carbons (Fsp3) is 0.278. The fourth-order valence-electron chi connectivity index (χ4n) is 2.86. The number of benzene rings is 2. The van der Waals surface area contributed by atoms with Crippen LogP contribution in [0.15, 0.2) is 42.5 Å². The first-order valence-corrected chi connectivity index (χ1v) is 8.47. The number of amides is 1. The van der Waals surface area contributed by atoms with Crippen molar-refractivity contribution in [2.24, 2.45) is 0 Å². The van der Waals surface area contributed by atoms with Crippen LogP contribution < -0.4 is 9.64 Å². The molecule has 1 saturated heterocycles. The van der Waals surface area contributed by atoms with Crippen molar-refractivity contribution in [1.82, 2.24) is 4.90 Å². The van der Waals surface area contributed by atoms with Crippen molar-refractivity contribution in [2.45, 2.75) is 0 Å². The van der Waals surface area contributed by atoms with Crippen molar-refractivity contribution in [3.05, 3.63) is 58.1 Å². The maximum absolute atomic E-state index is 12.6. The first-order valence-electron chi connectivity index (χ1n) is 7.72. The van der Waals surface area contributed by atoms with Gasteiger partial charge in [0.05, 0.1) is 12.8 Å². The van der Waals surface area contributed by atoms with Crippen LogP contribution in [0.3, 0.4) is 0 Å². The molecule has 0 atom stereocenters. The number of carbonyl (C=O) groups is 1. The predicted molar refractivity (Wildman–Crippen MR) is 97.6 cm³/mol. The largest absolute Gasteiger partial charge is 0.495 e. The first-order chi connectivity index (χ1) is 11.6. The molecule has 1 heterocycles. The van der Waals surface area contributed by atoms with Gasteiger partial charge >= 0.3 is 0 Å². The maximum Gasteiger partial charge on any atom is 0.254 e. The van der Waals surface area contributed by atoms with Gasteiger partial charge in [-0.05, 0) is 36.4 Å². The third-order valence-corrected chi connectivity index (χ3v) is 4.59. The fourth-order valence-corrected chi connectivity index (χ4v) is 3.22. The maximum atomic E-state index is 12.6. The molecule has 1 fully saturated rings. The molecule has 0 bridgehead atoms. The molecule has 1 aliphatic heterocycles. The number of nitrogens with zero attached hydrogens (tertiary/aromatic N) is 2. The molecule has 6 heteroatoms. The summed E-state index contributed by atoms with van der Waals surface area (Å²) in [4.78, 5) is 16.6. The molecule has 2 aromatic carbocycles. The third kappa shape index (κ3) is 3.60. The molecule has 0 spiro atoms. The molecule has 3 rings (SSSR count). The van der Waals surface area contributed by atoms with E-state index in [1.165, 1.54) is 0 Å². The summed E-state index contributed by atoms with van der Waals surface area (Å²) in [5.41, 5.74) is 1.58. The Morgan fingerprint density at radius 2 is 1.71 bits per heavy atom. The van der Waals surface area contributed by atoms with E-state index in [0.29, 0.717) is 28.7 Å². The number of hydrogen-bond donors (Lipinski definition) is 0. The summed E-state index contributed by atoms with van der Waals surface area (Å²) < 4.78 is 5.41. The lowest BCUT2D eigenvalue weighted by Crippen LogP contribution is -2.48. The molecule has 1 aliphatic rings. The number of carbonyl (C=O) groups excluding carboxylic acids is 1. The Bertz CT molecular complexity index is 744. The number of piperazine rings is 1. The summed E-state index contributed by atoms with van der Waals surface area (Å²) in [5, 5.41) is 1.24. The monoisotopic (exact) mass is 364 g/mol. The molecule has 0 N–H and O–H groups in total. The van der Waals surface area contributed by atoms with Crippen LogP contribution >= 0.6 is 23.2 Å². The van der Waals surface area contributed by atoms with Gasteiger partial charge in [-0.25, -0.2) is 0 Å². The minimum absolute atomic E-state index is 0.00945. The average Bonchev–Trinajstić information content (AvgIpc) is 2.61. The summed E-state index contributed by atoms with van der Waals surface area (Å²) in [7, 11) is 1.64. The van der Waals surface area contributed by atoms with Crippen molar-refractivity contribution in [3.63, 3.8) is 0 Å². The Kier molecular flexibility index (Phi) is 5.17. The second kappa shape index (κ2) is 7.32. The zero-order valence-corrected chi connectivity index (χ0v) is 14.8. The van der Waals surface area contributed by atoms with Gasteiger partial charge < -0.3 is 14.5 Å². The zero-order chi connectivity index (χ0) is 17.1. The second-order valence-electron chi connectivity index (χ2n) is 5.61. The second-order valence-corrected chi connectivity index (χ2v) is 6.48. The van der Waals surface area contributed by atoms with Crippen LogP contribution in [0.5, 0.6) is 5.75 Å². The highest BCUT2D eigenvalue weighted by Gasteiger charge is 2.24. The van der Waals surface area contributed by atoms with Gasteiger partial charge in [-0.3, -0.25) is 4.79 Å². The summed E-state index contributed by atoms with van der Waals surface area (Å²) in [6, 6.07) is 12.6. The Balaban J connectivity index is 1.70. The number of anilines is 1. The van der Waals surface area contributed by atoms with Gasteiger partial charge in [-0.2, -0.15) is 0 Å². The molecule has 0 radical (unpaired) electrons. The Morgan fingerprint density at radius 3 is 2.38 bits per heavy atom. The lowest BCUT2D eigenvalue weighted by molar-refractivity contribution is 0.0746. The van der Waals surface area contributed by atoms with E-state index in [1.807, 2.05) is 23.1 Å². The van der Waals surface area contributed by atoms with Gasteiger partial charge in [0.15, 0.2) is 0 Å². The van der Waals surface area contributed by atoms with E-state index in [2.05, 4.69) is 4.90 Å². The van der Waals surface area contributed by atoms with Crippen molar-refractivity contribution in [1.29, 1.82) is 0 Å². The number of halogens is 2. The molecule has 0 aromatic heterocycles. The highest BCUT2D eigenvalue weighted by Crippen LogP contribution is 2.32. The van der Waals surface area contributed by atoms with Gasteiger partial charge in [-0.1, -0.05) is 29.3 Å². The standard InChI is InChI=1S/C18H18Cl2N2O2/c1-24-17-6-5-15(20)12-16(17)21-7-9-22(10-8-21)18(23)13-3-2-4-14(19)11-13/h2-6,11-12H,7-10H2,1H3. The van der Waals surface area contributed by atoms with Crippen LogP contribution in [-0.2, 0) is 0 Å². The van der Waals surface area contributed by atoms with Gasteiger partial charge in [0.25, 0.3) is 5.91 Å². The number of methoxy groups -OCH3 is 1. The van der Waals surface area contributed by atoms with Crippen molar-refractivity contribution in [2.75, 3.05) is 38.2 Å². The van der Waals surface area contributed by atoms with Crippen molar-refractivity contribution >= 4 is 34.8 Å². The van der Waals surface area contributed by atoms with Crippen LogP contribution in [0, 0.1) is 0 Å². The number of hydrogen-bond acceptors (Lipinski definition) is 3. The van der Waals surface area contributed by atoms with Crippen LogP contribution in [0.2, 0.25) is 10.0 Å². The Morgan fingerprint density at radius 1 is 1.00 bits per heavy atom. The van der Waals surface area contributed by atoms with Crippen LogP contribution in [0.25, 0.3) is 0 Å². The molecule has 1 amide bonds. The van der Waals surface area contributed by atoms with E-state index < -0.39 is 0 Å². The smallest absolute Gasteiger partial charge is 0.254 e. The quantitative estimate of drug-likeness (QED) is 0.825. The lowest BCUT2D eigenvalue weighted by atomic mass is 10.1. The van der Waals surface area contributed by atoms with Gasteiger partial charge in [0, 0.05) is 41.8 Å². The normalized spacial score (nSPS) is 14.6. The molecule has 2 aromatic rings. The van der Waals surface area contributed by atoms with E-state index in [-0.39, 0.29) is 5.91 Å². The Labute approximate surface area is 151 Å². The summed E-state index contributed by atoms with van der Waals surface area (Å²) in [6.45, 7) is 2.73. The predicted octanol–water partition coefficient (Wildman–Crippen LogP) is 3.96. The molecule has 126 valence electrons. The van der Waals surface area contributed by atoms with Crippen LogP contribution in [0.1, 0.15) is 10.4 Å². The van der Waals surface area contributed by atoms with E-state index in [9.17, 15) is 4.79 Å². The highest BCUT2D eigenvalue weighted by molar-refractivity contribution is 6.31. The molecular weight excluding hydrogens is 347 g/mol. The minimum Gasteiger partial charge on any atom is -0.495 e. The van der Waals surface area contributed by atoms with Crippen LogP contribution in [-0.4, -0.2) is 44.1 Å². The molecule has 0 aliphatic carbocycles. The SMILES string of the molecule is COc1ccc(Cl)cc1N1CCN(C(=O)c2cccc(Cl)c2)CC1. The van der Waals surface area contributed by atoms with E-state index in [4.69, 9.17) is 27.9 Å². The van der Waals surface area contributed by atoms with Crippen molar-refractivity contribution in [3.8, 4) is 5.75 Å². The number of ether oxygens (including phenoxy) is 1. The Hall–Kier alpha value is -1.91. The molecular formula is C18H18Cl2N2O2. The number of rotatable bonds is 3. The molecule has 4 nitrogen and oxygen atoms in total. The van der Waals surface area contributed by atoms with Crippen molar-refractivity contribution < 1.29 is 9.53 Å². The average molecular weight is 365 g/mol. The topological polar surface area (TPSA) is 32.8 Å². The van der Waals surface area contributed by atoms with Crippen LogP contribution in [0.4, 0.5) is 5.69 Å². The lowest BCUT2D eigenvalue weighted by Gasteiger charge is -2.36. The molecule has 0 unspecified atom stereocenters. The zero-order valence-electron chi connectivity index (χ0n) is 13.3. The highest BCUT2D eigenvalue weighted by atomic mass is 35.5. The van der Waals surface area contributed by atoms with Gasteiger partial charge in [0.1, 0.15) is 5.75 Å². The third-order valence-electron chi connectivity index (χ3n) is 4.12. The molecule has 0 saturated carbocycles. The first kappa shape index (κ1) is 16.9. The summed E-state index contributed by atoms with van der Waals surface area (Å²) in [6.07, 6.45) is 0. The minimum atomic E-state index is 0.00945. The summed E-state index contributed by atoms with van der Waals surface area (Å²) >= 11 is 12.1. The summed E-state index contributed by atoms with van der Waals surface area (Å²) in [5.74, 6) is 0.796. The van der Waals surface area contributed by atoms with Gasteiger partial charge in [-0.15, -0.1) is 0 Å². The van der Waals surface area contributed by atoms with E-state index in [0.717, 1.165) is 24.5 Å². The van der Waals surface area contributed by atoms with E-state index >= 15 is 0 Å². The van der Waals surface area contributed by atoms with E-state index in [1.54, 1.807) is 31.4 Å². The molecule has 24 heavy (non-hydrogen) atoms.